The zero-order valence-corrected chi connectivity index (χ0v) is 9.04. The van der Waals surface area contributed by atoms with E-state index in [0.717, 1.165) is 11.1 Å². The summed E-state index contributed by atoms with van der Waals surface area (Å²) in [6.45, 7) is 1.90. The summed E-state index contributed by atoms with van der Waals surface area (Å²) in [6.07, 6.45) is 1.50. The molecule has 1 aromatic carbocycles. The number of azide groups is 1. The van der Waals surface area contributed by atoms with Crippen LogP contribution in [0.3, 0.4) is 0 Å². The third kappa shape index (κ3) is 2.87. The highest BCUT2D eigenvalue weighted by molar-refractivity contribution is 5.93. The largest absolute Gasteiger partial charge is 0.466 e. The molecule has 0 bridgehead atoms. The monoisotopic (exact) mass is 217 g/mol. The minimum atomic E-state index is -0.652. The molecule has 0 aliphatic carbocycles. The molecule has 0 radical (unpaired) electrons. The SMILES string of the molecule is COC(=O)/C(=C/c1ccccc1C)N=[N+]=[N-]. The first-order valence-electron chi connectivity index (χ1n) is 4.59. The molecular weight excluding hydrogens is 206 g/mol. The molecule has 5 nitrogen and oxygen atoms in total. The molecule has 0 fully saturated rings. The Morgan fingerprint density at radius 2 is 2.19 bits per heavy atom. The summed E-state index contributed by atoms with van der Waals surface area (Å²) in [5.41, 5.74) is 10.1. The quantitative estimate of drug-likeness (QED) is 0.256. The van der Waals surface area contributed by atoms with Crippen LogP contribution in [-0.2, 0) is 9.53 Å². The highest BCUT2D eigenvalue weighted by Crippen LogP contribution is 2.13. The summed E-state index contributed by atoms with van der Waals surface area (Å²) < 4.78 is 4.50. The van der Waals surface area contributed by atoms with Crippen molar-refractivity contribution in [1.29, 1.82) is 0 Å². The Hall–Kier alpha value is -2.26. The van der Waals surface area contributed by atoms with E-state index in [-0.39, 0.29) is 5.70 Å². The second kappa shape index (κ2) is 5.58. The van der Waals surface area contributed by atoms with E-state index in [2.05, 4.69) is 14.8 Å². The summed E-state index contributed by atoms with van der Waals surface area (Å²) >= 11 is 0. The number of benzene rings is 1. The van der Waals surface area contributed by atoms with Crippen LogP contribution in [0.5, 0.6) is 0 Å². The molecule has 0 aliphatic heterocycles. The highest BCUT2D eigenvalue weighted by Gasteiger charge is 2.07. The van der Waals surface area contributed by atoms with Gasteiger partial charge in [-0.3, -0.25) is 0 Å². The van der Waals surface area contributed by atoms with Gasteiger partial charge in [0.05, 0.1) is 7.11 Å². The Kier molecular flexibility index (Phi) is 4.12. The van der Waals surface area contributed by atoms with E-state index < -0.39 is 5.97 Å². The lowest BCUT2D eigenvalue weighted by Gasteiger charge is -2.01. The molecule has 1 rings (SSSR count). The molecule has 16 heavy (non-hydrogen) atoms. The van der Waals surface area contributed by atoms with Crippen molar-refractivity contribution >= 4 is 12.0 Å². The predicted molar refractivity (Wildman–Crippen MR) is 60.3 cm³/mol. The van der Waals surface area contributed by atoms with Crippen molar-refractivity contribution in [2.75, 3.05) is 7.11 Å². The number of ether oxygens (including phenoxy) is 1. The Labute approximate surface area is 93.0 Å². The van der Waals surface area contributed by atoms with Crippen LogP contribution in [0.15, 0.2) is 35.1 Å². The molecule has 82 valence electrons. The molecule has 5 heteroatoms. The van der Waals surface area contributed by atoms with E-state index in [4.69, 9.17) is 5.53 Å². The number of carbonyl (C=O) groups is 1. The lowest BCUT2D eigenvalue weighted by atomic mass is 10.1. The van der Waals surface area contributed by atoms with Crippen LogP contribution in [0.1, 0.15) is 11.1 Å². The van der Waals surface area contributed by atoms with Crippen molar-refractivity contribution in [3.05, 3.63) is 51.5 Å². The van der Waals surface area contributed by atoms with Crippen LogP contribution < -0.4 is 0 Å². The van der Waals surface area contributed by atoms with Gasteiger partial charge < -0.3 is 4.74 Å². The summed E-state index contributed by atoms with van der Waals surface area (Å²) in [5.74, 6) is -0.652. The van der Waals surface area contributed by atoms with Gasteiger partial charge in [0.15, 0.2) is 0 Å². The first-order valence-corrected chi connectivity index (χ1v) is 4.59. The summed E-state index contributed by atoms with van der Waals surface area (Å²) in [4.78, 5) is 13.8. The molecule has 0 heterocycles. The Morgan fingerprint density at radius 3 is 2.75 bits per heavy atom. The molecule has 0 atom stereocenters. The standard InChI is InChI=1S/C11H11N3O2/c1-8-5-3-4-6-9(8)7-10(13-14-12)11(15)16-2/h3-7H,1-2H3/b10-7-. The maximum Gasteiger partial charge on any atom is 0.340 e. The van der Waals surface area contributed by atoms with E-state index >= 15 is 0 Å². The zero-order valence-electron chi connectivity index (χ0n) is 9.04. The Bertz CT molecular complexity index is 474. The molecule has 0 unspecified atom stereocenters. The predicted octanol–water partition coefficient (Wildman–Crippen LogP) is 2.82. The topological polar surface area (TPSA) is 75.1 Å². The number of hydrogen-bond donors (Lipinski definition) is 0. The van der Waals surface area contributed by atoms with E-state index in [9.17, 15) is 4.79 Å². The van der Waals surface area contributed by atoms with Gasteiger partial charge >= 0.3 is 5.97 Å². The molecule has 0 aromatic heterocycles. The van der Waals surface area contributed by atoms with Gasteiger partial charge in [-0.15, -0.1) is 0 Å². The summed E-state index contributed by atoms with van der Waals surface area (Å²) in [7, 11) is 1.24. The fraction of sp³-hybridized carbons (Fsp3) is 0.182. The van der Waals surface area contributed by atoms with Crippen molar-refractivity contribution in [3.8, 4) is 0 Å². The van der Waals surface area contributed by atoms with Crippen LogP contribution in [0.25, 0.3) is 16.5 Å². The van der Waals surface area contributed by atoms with E-state index in [0.29, 0.717) is 0 Å². The second-order valence-electron chi connectivity index (χ2n) is 3.07. The average molecular weight is 217 g/mol. The second-order valence-corrected chi connectivity index (χ2v) is 3.07. The van der Waals surface area contributed by atoms with Gasteiger partial charge in [0.2, 0.25) is 0 Å². The third-order valence-corrected chi connectivity index (χ3v) is 2.03. The molecule has 0 spiro atoms. The molecule has 0 saturated carbocycles. The Morgan fingerprint density at radius 1 is 1.50 bits per heavy atom. The smallest absolute Gasteiger partial charge is 0.340 e. The molecular formula is C11H11N3O2. The number of esters is 1. The molecule has 0 saturated heterocycles. The molecule has 1 aromatic rings. The van der Waals surface area contributed by atoms with Gasteiger partial charge in [-0.25, -0.2) is 4.79 Å². The van der Waals surface area contributed by atoms with Gasteiger partial charge in [0.1, 0.15) is 5.70 Å². The lowest BCUT2D eigenvalue weighted by Crippen LogP contribution is -2.02. The van der Waals surface area contributed by atoms with Gasteiger partial charge in [-0.05, 0) is 29.7 Å². The van der Waals surface area contributed by atoms with Crippen molar-refractivity contribution in [2.45, 2.75) is 6.92 Å². The van der Waals surface area contributed by atoms with Gasteiger partial charge in [-0.1, -0.05) is 29.4 Å². The minimum Gasteiger partial charge on any atom is -0.466 e. The third-order valence-electron chi connectivity index (χ3n) is 2.03. The number of nitrogens with zero attached hydrogens (tertiary/aromatic N) is 3. The van der Waals surface area contributed by atoms with Crippen molar-refractivity contribution in [2.24, 2.45) is 5.11 Å². The maximum atomic E-state index is 11.3. The van der Waals surface area contributed by atoms with Gasteiger partial charge in [0.25, 0.3) is 0 Å². The molecule has 0 amide bonds. The average Bonchev–Trinajstić information content (AvgIpc) is 2.30. The van der Waals surface area contributed by atoms with Crippen LogP contribution in [0.2, 0.25) is 0 Å². The number of rotatable bonds is 3. The number of methoxy groups -OCH3 is 1. The van der Waals surface area contributed by atoms with E-state index in [1.165, 1.54) is 13.2 Å². The van der Waals surface area contributed by atoms with Crippen molar-refractivity contribution < 1.29 is 9.53 Å². The van der Waals surface area contributed by atoms with Gasteiger partial charge in [-0.2, -0.15) is 0 Å². The number of hydrogen-bond acceptors (Lipinski definition) is 3. The van der Waals surface area contributed by atoms with Crippen LogP contribution in [0, 0.1) is 6.92 Å². The summed E-state index contributed by atoms with van der Waals surface area (Å²) in [5, 5.41) is 3.30. The Balaban J connectivity index is 3.17. The van der Waals surface area contributed by atoms with Crippen LogP contribution in [0.4, 0.5) is 0 Å². The lowest BCUT2D eigenvalue weighted by molar-refractivity contribution is -0.136. The van der Waals surface area contributed by atoms with E-state index in [1.54, 1.807) is 0 Å². The zero-order chi connectivity index (χ0) is 12.0. The number of aryl methyl sites for hydroxylation is 1. The fourth-order valence-electron chi connectivity index (χ4n) is 1.18. The first kappa shape index (κ1) is 11.8. The van der Waals surface area contributed by atoms with Crippen LogP contribution in [-0.4, -0.2) is 13.1 Å². The normalized spacial score (nSPS) is 10.5. The van der Waals surface area contributed by atoms with Gasteiger partial charge in [0, 0.05) is 4.91 Å². The van der Waals surface area contributed by atoms with Crippen molar-refractivity contribution in [3.63, 3.8) is 0 Å². The minimum absolute atomic E-state index is 0.0562. The molecule has 0 aliphatic rings. The first-order chi connectivity index (χ1) is 7.69. The van der Waals surface area contributed by atoms with E-state index in [1.807, 2.05) is 31.2 Å². The summed E-state index contributed by atoms with van der Waals surface area (Å²) in [6, 6.07) is 7.45. The highest BCUT2D eigenvalue weighted by atomic mass is 16.5. The fourth-order valence-corrected chi connectivity index (χ4v) is 1.18. The molecule has 0 N–H and O–H groups in total. The maximum absolute atomic E-state index is 11.3. The van der Waals surface area contributed by atoms with Crippen LogP contribution >= 0.6 is 0 Å². The van der Waals surface area contributed by atoms with Crippen molar-refractivity contribution in [1.82, 2.24) is 0 Å². The number of carbonyl (C=O) groups excluding carboxylic acids is 1.